The second-order valence-electron chi connectivity index (χ2n) is 6.25. The Hall–Kier alpha value is -3.47. The summed E-state index contributed by atoms with van der Waals surface area (Å²) in [5, 5.41) is 15.3. The molecule has 3 N–H and O–H groups in total. The second kappa shape index (κ2) is 9.15. The fourth-order valence-electron chi connectivity index (χ4n) is 2.52. The first kappa shape index (κ1) is 21.8. The minimum absolute atomic E-state index is 0.124. The molecule has 0 aromatic heterocycles. The van der Waals surface area contributed by atoms with Gasteiger partial charge in [-0.25, -0.2) is 0 Å². The number of hydrogen-bond acceptors (Lipinski definition) is 4. The van der Waals surface area contributed by atoms with Gasteiger partial charge in [-0.2, -0.15) is 13.2 Å². The molecule has 0 saturated carbocycles. The predicted octanol–water partition coefficient (Wildman–Crippen LogP) is 1.71. The fraction of sp³-hybridized carbons (Fsp3) is 0.222. The maximum absolute atomic E-state index is 13.0. The molecule has 8 nitrogen and oxygen atoms in total. The zero-order valence-corrected chi connectivity index (χ0v) is 15.2. The van der Waals surface area contributed by atoms with E-state index in [-0.39, 0.29) is 24.5 Å². The Morgan fingerprint density at radius 2 is 1.55 bits per heavy atom. The number of nitrogens with one attached hydrogen (secondary N) is 3. The summed E-state index contributed by atoms with van der Waals surface area (Å²) in [6.07, 6.45) is -4.60. The van der Waals surface area contributed by atoms with Crippen LogP contribution in [0.1, 0.15) is 5.56 Å². The average molecular weight is 411 g/mol. The largest absolute Gasteiger partial charge is 0.418 e. The number of rotatable bonds is 7. The van der Waals surface area contributed by atoms with Gasteiger partial charge in [0.1, 0.15) is 0 Å². The monoisotopic (exact) mass is 411 g/mol. The number of halogens is 3. The van der Waals surface area contributed by atoms with Crippen molar-refractivity contribution >= 4 is 28.9 Å². The number of amides is 2. The van der Waals surface area contributed by atoms with Crippen molar-refractivity contribution in [1.29, 1.82) is 0 Å². The standard InChI is InChI=1S/C18H17F3N4O4/c1-24(10-16(26)22-12-6-8-13(9-7-12)25(28)29)11-17(27)23-15-5-3-2-4-14(15)18(19,20)21/h2-9H,10-11H2,1H3,(H,22,26)(H,23,27)/p+1. The highest BCUT2D eigenvalue weighted by molar-refractivity contribution is 5.93. The Labute approximate surface area is 163 Å². The maximum Gasteiger partial charge on any atom is 0.418 e. The molecule has 0 aliphatic carbocycles. The first-order valence-electron chi connectivity index (χ1n) is 8.38. The molecule has 2 amide bonds. The van der Waals surface area contributed by atoms with Crippen LogP contribution in [0.3, 0.4) is 0 Å². The van der Waals surface area contributed by atoms with Crippen molar-refractivity contribution in [3.05, 3.63) is 64.2 Å². The van der Waals surface area contributed by atoms with E-state index in [4.69, 9.17) is 0 Å². The van der Waals surface area contributed by atoms with Crippen LogP contribution in [0, 0.1) is 10.1 Å². The molecule has 0 aliphatic heterocycles. The summed E-state index contributed by atoms with van der Waals surface area (Å²) >= 11 is 0. The molecule has 2 aromatic rings. The van der Waals surface area contributed by atoms with Crippen LogP contribution in [-0.2, 0) is 15.8 Å². The number of quaternary nitrogens is 1. The highest BCUT2D eigenvalue weighted by atomic mass is 19.4. The van der Waals surface area contributed by atoms with Crippen LogP contribution in [0.15, 0.2) is 48.5 Å². The first-order valence-corrected chi connectivity index (χ1v) is 8.38. The molecule has 154 valence electrons. The summed E-state index contributed by atoms with van der Waals surface area (Å²) in [6.45, 7) is -0.370. The summed E-state index contributed by atoms with van der Waals surface area (Å²) in [4.78, 5) is 34.5. The number of nitro benzene ring substituents is 1. The van der Waals surface area contributed by atoms with E-state index < -0.39 is 28.5 Å². The normalized spacial score (nSPS) is 12.1. The van der Waals surface area contributed by atoms with E-state index in [1.165, 1.54) is 43.4 Å². The van der Waals surface area contributed by atoms with Crippen molar-refractivity contribution in [2.75, 3.05) is 30.8 Å². The Morgan fingerprint density at radius 1 is 1.00 bits per heavy atom. The van der Waals surface area contributed by atoms with Gasteiger partial charge < -0.3 is 15.5 Å². The van der Waals surface area contributed by atoms with Crippen LogP contribution in [-0.4, -0.2) is 36.9 Å². The first-order chi connectivity index (χ1) is 13.6. The number of non-ortho nitro benzene ring substituents is 1. The van der Waals surface area contributed by atoms with Gasteiger partial charge in [-0.1, -0.05) is 12.1 Å². The number of alkyl halides is 3. The molecule has 0 heterocycles. The van der Waals surface area contributed by atoms with Crippen LogP contribution in [0.25, 0.3) is 0 Å². The molecule has 1 atom stereocenters. The molecule has 0 radical (unpaired) electrons. The van der Waals surface area contributed by atoms with E-state index >= 15 is 0 Å². The minimum Gasteiger partial charge on any atom is -0.322 e. The van der Waals surface area contributed by atoms with E-state index in [1.54, 1.807) is 0 Å². The summed E-state index contributed by atoms with van der Waals surface area (Å²) in [5.74, 6) is -1.14. The van der Waals surface area contributed by atoms with Crippen molar-refractivity contribution < 1.29 is 32.6 Å². The molecule has 0 aliphatic rings. The zero-order chi connectivity index (χ0) is 21.6. The topological polar surface area (TPSA) is 106 Å². The van der Waals surface area contributed by atoms with E-state index in [2.05, 4.69) is 10.6 Å². The van der Waals surface area contributed by atoms with Crippen LogP contribution in [0.2, 0.25) is 0 Å². The van der Waals surface area contributed by atoms with Crippen molar-refractivity contribution in [3.8, 4) is 0 Å². The van der Waals surface area contributed by atoms with Crippen molar-refractivity contribution in [3.63, 3.8) is 0 Å². The lowest BCUT2D eigenvalue weighted by Gasteiger charge is -2.16. The van der Waals surface area contributed by atoms with Gasteiger partial charge in [0.15, 0.2) is 13.1 Å². The number of hydrogen-bond donors (Lipinski definition) is 3. The van der Waals surface area contributed by atoms with Crippen molar-refractivity contribution in [1.82, 2.24) is 0 Å². The predicted molar refractivity (Wildman–Crippen MR) is 98.4 cm³/mol. The van der Waals surface area contributed by atoms with Gasteiger partial charge in [-0.3, -0.25) is 19.7 Å². The number of nitrogens with zero attached hydrogens (tertiary/aromatic N) is 1. The highest BCUT2D eigenvalue weighted by Gasteiger charge is 2.33. The fourth-order valence-corrected chi connectivity index (χ4v) is 2.52. The lowest BCUT2D eigenvalue weighted by molar-refractivity contribution is -0.862. The quantitative estimate of drug-likeness (QED) is 0.476. The lowest BCUT2D eigenvalue weighted by atomic mass is 10.1. The van der Waals surface area contributed by atoms with E-state index in [1.807, 2.05) is 0 Å². The summed E-state index contributed by atoms with van der Waals surface area (Å²) < 4.78 is 38.9. The van der Waals surface area contributed by atoms with Crippen LogP contribution in [0.4, 0.5) is 30.2 Å². The molecule has 11 heteroatoms. The van der Waals surface area contributed by atoms with Gasteiger partial charge in [0, 0.05) is 17.8 Å². The van der Waals surface area contributed by atoms with Crippen molar-refractivity contribution in [2.24, 2.45) is 0 Å². The number of likely N-dealkylation sites (N-methyl/N-ethyl adjacent to an activating group) is 1. The maximum atomic E-state index is 13.0. The lowest BCUT2D eigenvalue weighted by Crippen LogP contribution is -3.11. The number of para-hydroxylation sites is 1. The van der Waals surface area contributed by atoms with E-state index in [9.17, 15) is 32.9 Å². The molecule has 2 rings (SSSR count). The number of carbonyl (C=O) groups is 2. The third-order valence-corrected chi connectivity index (χ3v) is 3.79. The van der Waals surface area contributed by atoms with E-state index in [0.29, 0.717) is 10.6 Å². The van der Waals surface area contributed by atoms with Crippen LogP contribution >= 0.6 is 0 Å². The SMILES string of the molecule is C[NH+](CC(=O)Nc1ccc([N+](=O)[O-])cc1)CC(=O)Nc1ccccc1C(F)(F)F. The molecule has 0 spiro atoms. The summed E-state index contributed by atoms with van der Waals surface area (Å²) in [6, 6.07) is 9.81. The van der Waals surface area contributed by atoms with Gasteiger partial charge >= 0.3 is 6.18 Å². The Bertz CT molecular complexity index is 901. The van der Waals surface area contributed by atoms with Gasteiger partial charge in [0.2, 0.25) is 0 Å². The number of carbonyl (C=O) groups excluding carboxylic acids is 2. The van der Waals surface area contributed by atoms with Crippen LogP contribution in [0.5, 0.6) is 0 Å². The molecule has 0 saturated heterocycles. The number of nitro groups is 1. The van der Waals surface area contributed by atoms with Crippen molar-refractivity contribution in [2.45, 2.75) is 6.18 Å². The average Bonchev–Trinajstić information content (AvgIpc) is 2.61. The molecule has 0 fully saturated rings. The van der Waals surface area contributed by atoms with E-state index in [0.717, 1.165) is 12.1 Å². The summed E-state index contributed by atoms with van der Waals surface area (Å²) in [5.41, 5.74) is -1.09. The smallest absolute Gasteiger partial charge is 0.322 e. The third-order valence-electron chi connectivity index (χ3n) is 3.79. The molecule has 2 aromatic carbocycles. The zero-order valence-electron chi connectivity index (χ0n) is 15.2. The van der Waals surface area contributed by atoms with Gasteiger partial charge in [-0.15, -0.1) is 0 Å². The van der Waals surface area contributed by atoms with Gasteiger partial charge in [-0.05, 0) is 24.3 Å². The van der Waals surface area contributed by atoms with Gasteiger partial charge in [0.25, 0.3) is 17.5 Å². The van der Waals surface area contributed by atoms with Crippen LogP contribution < -0.4 is 15.5 Å². The minimum atomic E-state index is -4.60. The Kier molecular flexibility index (Phi) is 6.89. The highest BCUT2D eigenvalue weighted by Crippen LogP contribution is 2.34. The Balaban J connectivity index is 1.88. The molecule has 29 heavy (non-hydrogen) atoms. The third kappa shape index (κ3) is 6.57. The van der Waals surface area contributed by atoms with Gasteiger partial charge in [0.05, 0.1) is 23.2 Å². The molecular weight excluding hydrogens is 393 g/mol. The summed E-state index contributed by atoms with van der Waals surface area (Å²) in [7, 11) is 1.53. The molecular formula is C18H18F3N4O4+. The number of anilines is 2. The molecule has 1 unspecified atom stereocenters. The Morgan fingerprint density at radius 3 is 2.10 bits per heavy atom. The number of benzene rings is 2. The second-order valence-corrected chi connectivity index (χ2v) is 6.25. The molecule has 0 bridgehead atoms.